The van der Waals surface area contributed by atoms with E-state index in [4.69, 9.17) is 24.1 Å². The summed E-state index contributed by atoms with van der Waals surface area (Å²) >= 11 is 0. The van der Waals surface area contributed by atoms with E-state index in [1.807, 2.05) is 30.3 Å². The van der Waals surface area contributed by atoms with Crippen molar-refractivity contribution in [2.75, 3.05) is 41.5 Å². The van der Waals surface area contributed by atoms with Gasteiger partial charge in [0.25, 0.3) is 0 Å². The molecule has 2 aromatic rings. The van der Waals surface area contributed by atoms with Crippen LogP contribution in [-0.4, -0.2) is 57.5 Å². The van der Waals surface area contributed by atoms with Crippen molar-refractivity contribution in [2.45, 2.75) is 51.0 Å². The summed E-state index contributed by atoms with van der Waals surface area (Å²) < 4.78 is 21.6. The average Bonchev–Trinajstić information content (AvgIpc) is 2.90. The molecule has 0 fully saturated rings. The van der Waals surface area contributed by atoms with Crippen molar-refractivity contribution < 1.29 is 28.8 Å². The summed E-state index contributed by atoms with van der Waals surface area (Å²) in [5, 5.41) is 19.1. The number of ether oxygens (including phenoxy) is 4. The van der Waals surface area contributed by atoms with E-state index in [9.17, 15) is 10.1 Å². The smallest absolute Gasteiger partial charge is 0.341 e. The molecule has 36 heavy (non-hydrogen) atoms. The molecule has 0 radical (unpaired) electrons. The molecule has 1 N–H and O–H groups in total. The third-order valence-corrected chi connectivity index (χ3v) is 6.62. The molecule has 8 nitrogen and oxygen atoms in total. The van der Waals surface area contributed by atoms with Crippen LogP contribution in [-0.2, 0) is 10.2 Å². The molecule has 196 valence electrons. The Balaban J connectivity index is 2.13. The lowest BCUT2D eigenvalue weighted by molar-refractivity contribution is -0.139. The number of hydrogen-bond donors (Lipinski definition) is 1. The molecule has 2 atom stereocenters. The van der Waals surface area contributed by atoms with E-state index in [2.05, 4.69) is 31.9 Å². The van der Waals surface area contributed by atoms with Crippen LogP contribution in [0.2, 0.25) is 0 Å². The van der Waals surface area contributed by atoms with E-state index < -0.39 is 18.0 Å². The number of carboxylic acid groups (broad SMARTS) is 1. The second kappa shape index (κ2) is 13.6. The second-order valence-electron chi connectivity index (χ2n) is 8.87. The van der Waals surface area contributed by atoms with Crippen LogP contribution in [0, 0.1) is 11.3 Å². The molecule has 2 rings (SSSR count). The Morgan fingerprint density at radius 2 is 1.67 bits per heavy atom. The van der Waals surface area contributed by atoms with Gasteiger partial charge in [-0.2, -0.15) is 5.26 Å². The van der Waals surface area contributed by atoms with Gasteiger partial charge in [-0.25, -0.2) is 4.79 Å². The summed E-state index contributed by atoms with van der Waals surface area (Å²) in [6, 6.07) is 14.0. The first-order chi connectivity index (χ1) is 17.2. The predicted molar refractivity (Wildman–Crippen MR) is 138 cm³/mol. The fraction of sp³-hybridized carbons (Fsp3) is 0.500. The van der Waals surface area contributed by atoms with Crippen LogP contribution in [0.15, 0.2) is 36.4 Å². The van der Waals surface area contributed by atoms with E-state index in [1.165, 1.54) is 7.11 Å². The van der Waals surface area contributed by atoms with Gasteiger partial charge in [0.2, 0.25) is 0 Å². The molecular weight excluding hydrogens is 460 g/mol. The van der Waals surface area contributed by atoms with E-state index in [-0.39, 0.29) is 6.04 Å². The molecule has 0 saturated heterocycles. The predicted octanol–water partition coefficient (Wildman–Crippen LogP) is 5.21. The second-order valence-corrected chi connectivity index (χ2v) is 8.87. The summed E-state index contributed by atoms with van der Waals surface area (Å²) in [7, 11) is 6.79. The van der Waals surface area contributed by atoms with Gasteiger partial charge in [-0.05, 0) is 75.2 Å². The lowest BCUT2D eigenvalue weighted by Gasteiger charge is -2.30. The van der Waals surface area contributed by atoms with Crippen molar-refractivity contribution in [3.8, 4) is 29.1 Å². The Morgan fingerprint density at radius 3 is 2.25 bits per heavy atom. The zero-order valence-electron chi connectivity index (χ0n) is 22.2. The lowest BCUT2D eigenvalue weighted by Crippen LogP contribution is -2.28. The zero-order chi connectivity index (χ0) is 26.7. The first-order valence-electron chi connectivity index (χ1n) is 12.1. The molecule has 0 bridgehead atoms. The standard InChI is InChI=1S/C28H38N2O6/c1-7-13-28(19-29,22-10-12-23(33-4)26(17-22)35-6)14-8-15-30(3)20(2)21-9-11-24(25(16-21)34-5)36-18-27(31)32/h9-12,16-17,20H,7-8,13-15,18H2,1-6H3,(H,31,32). The molecule has 0 aliphatic rings. The fourth-order valence-electron chi connectivity index (χ4n) is 4.43. The number of carboxylic acids is 1. The first kappa shape index (κ1) is 28.8. The van der Waals surface area contributed by atoms with Gasteiger partial charge in [-0.15, -0.1) is 0 Å². The third-order valence-electron chi connectivity index (χ3n) is 6.62. The van der Waals surface area contributed by atoms with Crippen LogP contribution < -0.4 is 18.9 Å². The summed E-state index contributed by atoms with van der Waals surface area (Å²) in [4.78, 5) is 13.0. The molecule has 0 aromatic heterocycles. The van der Waals surface area contributed by atoms with Gasteiger partial charge in [0.05, 0.1) is 32.8 Å². The van der Waals surface area contributed by atoms with Gasteiger partial charge >= 0.3 is 5.97 Å². The van der Waals surface area contributed by atoms with Crippen LogP contribution in [0.4, 0.5) is 0 Å². The van der Waals surface area contributed by atoms with Crippen molar-refractivity contribution in [1.29, 1.82) is 5.26 Å². The van der Waals surface area contributed by atoms with Gasteiger partial charge in [0, 0.05) is 6.04 Å². The number of aliphatic carboxylic acids is 1. The Morgan fingerprint density at radius 1 is 1.03 bits per heavy atom. The monoisotopic (exact) mass is 498 g/mol. The molecule has 8 heteroatoms. The average molecular weight is 499 g/mol. The van der Waals surface area contributed by atoms with Crippen LogP contribution in [0.25, 0.3) is 0 Å². The topological polar surface area (TPSA) is 101 Å². The maximum absolute atomic E-state index is 10.8. The number of benzene rings is 2. The van der Waals surface area contributed by atoms with Crippen molar-refractivity contribution in [3.63, 3.8) is 0 Å². The quantitative estimate of drug-likeness (QED) is 0.357. The van der Waals surface area contributed by atoms with Gasteiger partial charge in [-0.3, -0.25) is 4.90 Å². The van der Waals surface area contributed by atoms with E-state index in [1.54, 1.807) is 20.3 Å². The number of hydrogen-bond acceptors (Lipinski definition) is 7. The van der Waals surface area contributed by atoms with E-state index >= 15 is 0 Å². The Bertz CT molecular complexity index is 1050. The summed E-state index contributed by atoms with van der Waals surface area (Å²) in [6.45, 7) is 4.56. The van der Waals surface area contributed by atoms with Crippen LogP contribution in [0.1, 0.15) is 56.7 Å². The third kappa shape index (κ3) is 7.05. The molecular formula is C28H38N2O6. The Hall–Kier alpha value is -3.44. The summed E-state index contributed by atoms with van der Waals surface area (Å²) in [5.74, 6) is 1.12. The van der Waals surface area contributed by atoms with Gasteiger partial charge < -0.3 is 24.1 Å². The minimum absolute atomic E-state index is 0.0798. The van der Waals surface area contributed by atoms with Crippen LogP contribution >= 0.6 is 0 Å². The molecule has 0 saturated carbocycles. The number of nitrogens with zero attached hydrogens (tertiary/aromatic N) is 2. The van der Waals surface area contributed by atoms with Crippen molar-refractivity contribution in [2.24, 2.45) is 0 Å². The van der Waals surface area contributed by atoms with Gasteiger partial charge in [0.1, 0.15) is 0 Å². The highest BCUT2D eigenvalue weighted by molar-refractivity contribution is 5.68. The minimum Gasteiger partial charge on any atom is -0.493 e. The maximum atomic E-state index is 10.8. The zero-order valence-corrected chi connectivity index (χ0v) is 22.2. The molecule has 2 unspecified atom stereocenters. The SMILES string of the molecule is CCCC(C#N)(CCCN(C)C(C)c1ccc(OCC(=O)O)c(OC)c1)c1ccc(OC)c(OC)c1. The van der Waals surface area contributed by atoms with E-state index in [0.29, 0.717) is 23.0 Å². The van der Waals surface area contributed by atoms with Gasteiger partial charge in [0.15, 0.2) is 29.6 Å². The first-order valence-corrected chi connectivity index (χ1v) is 12.1. The van der Waals surface area contributed by atoms with Gasteiger partial charge in [-0.1, -0.05) is 25.5 Å². The summed E-state index contributed by atoms with van der Waals surface area (Å²) in [5.41, 5.74) is 1.36. The highest BCUT2D eigenvalue weighted by atomic mass is 16.5. The molecule has 2 aromatic carbocycles. The van der Waals surface area contributed by atoms with Crippen molar-refractivity contribution in [1.82, 2.24) is 4.90 Å². The Labute approximate surface area is 214 Å². The number of methoxy groups -OCH3 is 3. The number of rotatable bonds is 15. The lowest BCUT2D eigenvalue weighted by atomic mass is 9.74. The number of carbonyl (C=O) groups is 1. The highest BCUT2D eigenvalue weighted by Gasteiger charge is 2.32. The van der Waals surface area contributed by atoms with Crippen molar-refractivity contribution in [3.05, 3.63) is 47.5 Å². The minimum atomic E-state index is -1.04. The van der Waals surface area contributed by atoms with Crippen LogP contribution in [0.3, 0.4) is 0 Å². The van der Waals surface area contributed by atoms with Crippen molar-refractivity contribution >= 4 is 5.97 Å². The molecule has 0 aliphatic heterocycles. The normalized spacial score (nSPS) is 13.4. The Kier molecular flexibility index (Phi) is 10.9. The molecule has 0 spiro atoms. The molecule has 0 amide bonds. The summed E-state index contributed by atoms with van der Waals surface area (Å²) in [6.07, 6.45) is 3.20. The largest absolute Gasteiger partial charge is 0.493 e. The van der Waals surface area contributed by atoms with Crippen LogP contribution in [0.5, 0.6) is 23.0 Å². The molecule has 0 aliphatic carbocycles. The number of nitriles is 1. The molecule has 0 heterocycles. The fourth-order valence-corrected chi connectivity index (χ4v) is 4.43. The van der Waals surface area contributed by atoms with E-state index in [0.717, 1.165) is 43.4 Å². The maximum Gasteiger partial charge on any atom is 0.341 e. The highest BCUT2D eigenvalue weighted by Crippen LogP contribution is 2.39.